The van der Waals surface area contributed by atoms with Crippen molar-refractivity contribution in [3.05, 3.63) is 97.5 Å². The third-order valence-electron chi connectivity index (χ3n) is 6.58. The smallest absolute Gasteiger partial charge is 0.340 e. The Hall–Kier alpha value is -3.66. The molecule has 0 saturated heterocycles. The van der Waals surface area contributed by atoms with Crippen LogP contribution in [0, 0.1) is 10.1 Å². The van der Waals surface area contributed by atoms with Gasteiger partial charge in [-0.15, -0.1) is 0 Å². The third-order valence-corrected chi connectivity index (χ3v) is 7.13. The molecule has 9 nitrogen and oxygen atoms in total. The molecule has 3 aromatic rings. The van der Waals surface area contributed by atoms with E-state index in [1.807, 2.05) is 37.2 Å². The van der Waals surface area contributed by atoms with E-state index in [1.54, 1.807) is 36.3 Å². The molecule has 2 atom stereocenters. The van der Waals surface area contributed by atoms with Gasteiger partial charge in [-0.05, 0) is 68.0 Å². The summed E-state index contributed by atoms with van der Waals surface area (Å²) in [6, 6.07) is 16.0. The molecule has 0 unspecified atom stereocenters. The predicted octanol–water partition coefficient (Wildman–Crippen LogP) is 5.37. The Bertz CT molecular complexity index is 1400. The zero-order valence-corrected chi connectivity index (χ0v) is 23.1. The van der Waals surface area contributed by atoms with Gasteiger partial charge in [-0.1, -0.05) is 35.3 Å². The van der Waals surface area contributed by atoms with Gasteiger partial charge < -0.3 is 19.3 Å². The topological polar surface area (TPSA) is 102 Å². The number of halogens is 2. The van der Waals surface area contributed by atoms with E-state index in [9.17, 15) is 19.7 Å². The normalized spacial score (nSPS) is 17.0. The lowest BCUT2D eigenvalue weighted by molar-refractivity contribution is -0.384. The number of methoxy groups -OCH3 is 1. The van der Waals surface area contributed by atoms with Crippen molar-refractivity contribution in [2.75, 3.05) is 39.2 Å². The van der Waals surface area contributed by atoms with Crippen LogP contribution in [0.1, 0.15) is 27.4 Å². The van der Waals surface area contributed by atoms with E-state index in [2.05, 4.69) is 0 Å². The van der Waals surface area contributed by atoms with Crippen LogP contribution in [0.2, 0.25) is 10.0 Å². The fourth-order valence-corrected chi connectivity index (χ4v) is 4.98. The molecule has 0 aromatic heterocycles. The summed E-state index contributed by atoms with van der Waals surface area (Å²) in [5.41, 5.74) is 1.95. The number of non-ortho nitro benzene ring substituents is 1. The van der Waals surface area contributed by atoms with Crippen LogP contribution in [0.5, 0.6) is 5.75 Å². The number of carbonyl (C=O) groups excluding carboxylic acids is 2. The number of fused-ring (bicyclic) bond motifs is 1. The second-order valence-electron chi connectivity index (χ2n) is 9.40. The number of esters is 1. The highest BCUT2D eigenvalue weighted by atomic mass is 35.5. The summed E-state index contributed by atoms with van der Waals surface area (Å²) in [6.07, 6.45) is -0.858. The monoisotopic (exact) mass is 571 g/mol. The molecule has 39 heavy (non-hydrogen) atoms. The van der Waals surface area contributed by atoms with E-state index >= 15 is 0 Å². The lowest BCUT2D eigenvalue weighted by Gasteiger charge is -2.29. The van der Waals surface area contributed by atoms with E-state index in [4.69, 9.17) is 32.7 Å². The van der Waals surface area contributed by atoms with E-state index in [0.717, 1.165) is 17.2 Å². The van der Waals surface area contributed by atoms with Gasteiger partial charge in [0.1, 0.15) is 5.75 Å². The van der Waals surface area contributed by atoms with Crippen molar-refractivity contribution >= 4 is 46.5 Å². The minimum atomic E-state index is -1.22. The summed E-state index contributed by atoms with van der Waals surface area (Å²) in [7, 11) is 5.36. The molecule has 0 saturated carbocycles. The Morgan fingerprint density at radius 3 is 2.44 bits per heavy atom. The molecular formula is C28H27Cl2N3O6. The largest absolute Gasteiger partial charge is 0.497 e. The number of amides is 1. The van der Waals surface area contributed by atoms with E-state index < -0.39 is 28.8 Å². The van der Waals surface area contributed by atoms with Crippen molar-refractivity contribution in [1.29, 1.82) is 0 Å². The fraction of sp³-hybridized carbons (Fsp3) is 0.286. The molecule has 0 aliphatic carbocycles. The molecular weight excluding hydrogens is 545 g/mol. The number of rotatable bonds is 8. The highest BCUT2D eigenvalue weighted by molar-refractivity contribution is 6.33. The summed E-state index contributed by atoms with van der Waals surface area (Å²) >= 11 is 12.6. The van der Waals surface area contributed by atoms with Crippen molar-refractivity contribution < 1.29 is 24.0 Å². The molecule has 3 aromatic carbocycles. The molecule has 1 aliphatic rings. The third kappa shape index (κ3) is 6.33. The minimum absolute atomic E-state index is 0.0757. The Kier molecular flexibility index (Phi) is 8.74. The second kappa shape index (κ2) is 12.0. The van der Waals surface area contributed by atoms with Gasteiger partial charge in [-0.2, -0.15) is 0 Å². The molecule has 204 valence electrons. The van der Waals surface area contributed by atoms with Crippen molar-refractivity contribution in [1.82, 2.24) is 4.90 Å². The minimum Gasteiger partial charge on any atom is -0.497 e. The van der Waals surface area contributed by atoms with Crippen LogP contribution < -0.4 is 9.64 Å². The van der Waals surface area contributed by atoms with E-state index in [-0.39, 0.29) is 16.3 Å². The lowest BCUT2D eigenvalue weighted by Crippen LogP contribution is -2.45. The zero-order chi connectivity index (χ0) is 28.3. The molecule has 1 amide bonds. The highest BCUT2D eigenvalue weighted by Crippen LogP contribution is 2.38. The second-order valence-corrected chi connectivity index (χ2v) is 10.2. The van der Waals surface area contributed by atoms with Crippen molar-refractivity contribution in [3.8, 4) is 5.75 Å². The summed E-state index contributed by atoms with van der Waals surface area (Å²) in [5.74, 6) is -1.18. The maximum Gasteiger partial charge on any atom is 0.340 e. The average Bonchev–Trinajstić information content (AvgIpc) is 3.01. The Labute approximate surface area is 236 Å². The van der Waals surface area contributed by atoms with Gasteiger partial charge in [0.05, 0.1) is 22.6 Å². The van der Waals surface area contributed by atoms with Gasteiger partial charge in [-0.3, -0.25) is 14.9 Å². The first-order valence-electron chi connectivity index (χ1n) is 12.1. The van der Waals surface area contributed by atoms with Gasteiger partial charge in [0.15, 0.2) is 6.10 Å². The number of nitro groups is 1. The number of likely N-dealkylation sites (N-methyl/N-ethyl adjacent to an activating group) is 1. The maximum absolute atomic E-state index is 14.2. The van der Waals surface area contributed by atoms with Crippen molar-refractivity contribution in [2.45, 2.75) is 18.4 Å². The maximum atomic E-state index is 14.2. The number of nitrogens with zero attached hydrogens (tertiary/aromatic N) is 3. The van der Waals surface area contributed by atoms with Crippen molar-refractivity contribution in [2.24, 2.45) is 0 Å². The zero-order valence-electron chi connectivity index (χ0n) is 21.6. The SMILES string of the molecule is COc1ccc([C@H]2Cc3cc(Cl)ccc3N(CCN(C)C)C(=O)[C@H]2OC(=O)c2ccc([N+](=O)[O-])cc2Cl)cc1. The van der Waals surface area contributed by atoms with E-state index in [1.165, 1.54) is 12.1 Å². The number of nitro benzene ring substituents is 1. The molecule has 11 heteroatoms. The molecule has 0 spiro atoms. The summed E-state index contributed by atoms with van der Waals surface area (Å²) in [6.45, 7) is 0.915. The number of carbonyl (C=O) groups is 2. The summed E-state index contributed by atoms with van der Waals surface area (Å²) < 4.78 is 11.2. The molecule has 1 heterocycles. The lowest BCUT2D eigenvalue weighted by atomic mass is 9.87. The standard InChI is InChI=1S/C28H27Cl2N3O6/c1-31(2)12-13-32-25-11-6-19(29)14-18(25)15-23(17-4-8-21(38-3)9-5-17)26(27(32)34)39-28(35)22-10-7-20(33(36)37)16-24(22)30/h4-11,14,16,23,26H,12-13,15H2,1-3H3/t23-,26+/m1/s1. The van der Waals surface area contributed by atoms with Gasteiger partial charge >= 0.3 is 5.97 Å². The van der Waals surface area contributed by atoms with Crippen LogP contribution in [0.15, 0.2) is 60.7 Å². The van der Waals surface area contributed by atoms with Gasteiger partial charge in [-0.25, -0.2) is 4.79 Å². The fourth-order valence-electron chi connectivity index (χ4n) is 4.54. The molecule has 0 fully saturated rings. The van der Waals surface area contributed by atoms with E-state index in [0.29, 0.717) is 36.0 Å². The molecule has 0 radical (unpaired) electrons. The average molecular weight is 572 g/mol. The molecule has 4 rings (SSSR count). The number of anilines is 1. The van der Waals surface area contributed by atoms with Crippen LogP contribution >= 0.6 is 23.2 Å². The number of hydrogen-bond donors (Lipinski definition) is 0. The first-order chi connectivity index (χ1) is 18.6. The first-order valence-corrected chi connectivity index (χ1v) is 12.9. The van der Waals surface area contributed by atoms with Crippen LogP contribution in [-0.4, -0.2) is 62.1 Å². The van der Waals surface area contributed by atoms with Gasteiger partial charge in [0.2, 0.25) is 0 Å². The number of hydrogen-bond acceptors (Lipinski definition) is 7. The van der Waals surface area contributed by atoms with Crippen LogP contribution in [-0.2, 0) is 16.0 Å². The van der Waals surface area contributed by atoms with Gasteiger partial charge in [0, 0.05) is 41.9 Å². The highest BCUT2D eigenvalue weighted by Gasteiger charge is 2.41. The Morgan fingerprint density at radius 2 is 1.82 bits per heavy atom. The van der Waals surface area contributed by atoms with Crippen LogP contribution in [0.3, 0.4) is 0 Å². The van der Waals surface area contributed by atoms with Crippen LogP contribution in [0.4, 0.5) is 11.4 Å². The Morgan fingerprint density at radius 1 is 1.10 bits per heavy atom. The number of ether oxygens (including phenoxy) is 2. The van der Waals surface area contributed by atoms with Crippen LogP contribution in [0.25, 0.3) is 0 Å². The quantitative estimate of drug-likeness (QED) is 0.203. The molecule has 1 aliphatic heterocycles. The predicted molar refractivity (Wildman–Crippen MR) is 149 cm³/mol. The van der Waals surface area contributed by atoms with Gasteiger partial charge in [0.25, 0.3) is 11.6 Å². The van der Waals surface area contributed by atoms with Crippen molar-refractivity contribution in [3.63, 3.8) is 0 Å². The summed E-state index contributed by atoms with van der Waals surface area (Å²) in [4.78, 5) is 41.6. The first kappa shape index (κ1) is 28.4. The number of benzene rings is 3. The molecule has 0 N–H and O–H groups in total. The summed E-state index contributed by atoms with van der Waals surface area (Å²) in [5, 5.41) is 11.5. The Balaban J connectivity index is 1.79. The molecule has 0 bridgehead atoms.